The first-order valence-electron chi connectivity index (χ1n) is 24.9. The summed E-state index contributed by atoms with van der Waals surface area (Å²) >= 11 is 0. The van der Waals surface area contributed by atoms with Crippen LogP contribution in [0.4, 0.5) is 0 Å². The maximum absolute atomic E-state index is 12.7. The summed E-state index contributed by atoms with van der Waals surface area (Å²) in [7, 11) is 0. The number of unbranched alkanes of at least 4 members (excludes halogenated alkanes) is 31. The number of esters is 2. The van der Waals surface area contributed by atoms with Gasteiger partial charge in [-0.05, 0) is 64.2 Å². The fraction of sp³-hybridized carbons (Fsp3) is 0.882. The van der Waals surface area contributed by atoms with Gasteiger partial charge in [0.2, 0.25) is 0 Å². The predicted molar refractivity (Wildman–Crippen MR) is 242 cm³/mol. The molecule has 330 valence electrons. The van der Waals surface area contributed by atoms with E-state index in [2.05, 4.69) is 45.1 Å². The molecule has 1 atom stereocenters. The second-order valence-corrected chi connectivity index (χ2v) is 16.7. The number of ether oxygens (including phenoxy) is 3. The lowest BCUT2D eigenvalue weighted by Gasteiger charge is -2.18. The minimum atomic E-state index is -0.536. The van der Waals surface area contributed by atoms with Crippen LogP contribution in [0.25, 0.3) is 0 Å². The van der Waals surface area contributed by atoms with Crippen molar-refractivity contribution in [1.29, 1.82) is 0 Å². The Kier molecular flexibility index (Phi) is 46.4. The van der Waals surface area contributed by atoms with Gasteiger partial charge in [0.05, 0.1) is 6.61 Å². The Morgan fingerprint density at radius 3 is 1.16 bits per heavy atom. The van der Waals surface area contributed by atoms with Crippen LogP contribution in [0.1, 0.15) is 265 Å². The van der Waals surface area contributed by atoms with E-state index in [9.17, 15) is 9.59 Å². The van der Waals surface area contributed by atoms with Crippen LogP contribution in [0.15, 0.2) is 24.3 Å². The number of rotatable bonds is 46. The summed E-state index contributed by atoms with van der Waals surface area (Å²) in [4.78, 5) is 25.3. The second kappa shape index (κ2) is 47.8. The van der Waals surface area contributed by atoms with Crippen molar-refractivity contribution in [3.05, 3.63) is 24.3 Å². The molecule has 0 aromatic heterocycles. The lowest BCUT2D eigenvalue weighted by atomic mass is 10.0. The van der Waals surface area contributed by atoms with Crippen molar-refractivity contribution < 1.29 is 23.8 Å². The quantitative estimate of drug-likeness (QED) is 0.0349. The van der Waals surface area contributed by atoms with Crippen LogP contribution >= 0.6 is 0 Å². The Morgan fingerprint density at radius 2 is 0.714 bits per heavy atom. The first kappa shape index (κ1) is 54.4. The van der Waals surface area contributed by atoms with Crippen molar-refractivity contribution in [2.45, 2.75) is 271 Å². The number of hydrogen-bond donors (Lipinski definition) is 0. The molecule has 0 amide bonds. The molecule has 0 N–H and O–H groups in total. The summed E-state index contributed by atoms with van der Waals surface area (Å²) in [5.41, 5.74) is 0. The molecule has 0 spiro atoms. The lowest BCUT2D eigenvalue weighted by molar-refractivity contribution is -0.163. The summed E-state index contributed by atoms with van der Waals surface area (Å²) < 4.78 is 17.4. The van der Waals surface area contributed by atoms with Crippen LogP contribution in [0, 0.1) is 0 Å². The van der Waals surface area contributed by atoms with Crippen LogP contribution in [-0.2, 0) is 23.8 Å². The van der Waals surface area contributed by atoms with Gasteiger partial charge in [-0.2, -0.15) is 0 Å². The fourth-order valence-corrected chi connectivity index (χ4v) is 7.19. The minimum absolute atomic E-state index is 0.0834. The molecule has 0 saturated carbocycles. The van der Waals surface area contributed by atoms with Crippen LogP contribution in [0.3, 0.4) is 0 Å². The molecule has 0 radical (unpaired) electrons. The lowest BCUT2D eigenvalue weighted by Crippen LogP contribution is -2.30. The van der Waals surface area contributed by atoms with Gasteiger partial charge in [0.15, 0.2) is 6.10 Å². The minimum Gasteiger partial charge on any atom is -0.462 e. The predicted octanol–water partition coefficient (Wildman–Crippen LogP) is 16.5. The molecule has 0 aliphatic carbocycles. The van der Waals surface area contributed by atoms with Gasteiger partial charge in [0, 0.05) is 19.4 Å². The van der Waals surface area contributed by atoms with Gasteiger partial charge in [-0.3, -0.25) is 9.59 Å². The highest BCUT2D eigenvalue weighted by Crippen LogP contribution is 2.15. The Hall–Kier alpha value is -1.62. The SMILES string of the molecule is CCCC/C=C\CCCCCCCC(=O)OC[C@@H](COCCCCCCCCCCCCCCCCCC)OC(=O)CCCCCCC/C=C\CCCCCC. The van der Waals surface area contributed by atoms with Crippen molar-refractivity contribution in [2.24, 2.45) is 0 Å². The first-order valence-corrected chi connectivity index (χ1v) is 24.9. The van der Waals surface area contributed by atoms with Gasteiger partial charge in [0.1, 0.15) is 6.61 Å². The molecule has 0 rings (SSSR count). The number of hydrogen-bond acceptors (Lipinski definition) is 5. The highest BCUT2D eigenvalue weighted by Gasteiger charge is 2.17. The van der Waals surface area contributed by atoms with Crippen molar-refractivity contribution in [2.75, 3.05) is 19.8 Å². The van der Waals surface area contributed by atoms with Gasteiger partial charge < -0.3 is 14.2 Å². The maximum Gasteiger partial charge on any atom is 0.306 e. The molecule has 56 heavy (non-hydrogen) atoms. The van der Waals surface area contributed by atoms with Gasteiger partial charge in [0.25, 0.3) is 0 Å². The normalized spacial score (nSPS) is 12.3. The topological polar surface area (TPSA) is 61.8 Å². The maximum atomic E-state index is 12.7. The third-order valence-electron chi connectivity index (χ3n) is 11.0. The van der Waals surface area contributed by atoms with E-state index in [1.807, 2.05) is 0 Å². The molecular formula is C51H96O5. The fourth-order valence-electron chi connectivity index (χ4n) is 7.19. The molecule has 0 aromatic rings. The summed E-state index contributed by atoms with van der Waals surface area (Å²) in [6.07, 6.45) is 54.6. The Balaban J connectivity index is 4.22. The molecule has 0 bridgehead atoms. The second-order valence-electron chi connectivity index (χ2n) is 16.7. The molecule has 5 nitrogen and oxygen atoms in total. The summed E-state index contributed by atoms with van der Waals surface area (Å²) in [5.74, 6) is -0.405. The average Bonchev–Trinajstić information content (AvgIpc) is 3.20. The zero-order valence-electron chi connectivity index (χ0n) is 37.9. The first-order chi connectivity index (χ1) is 27.6. The van der Waals surface area contributed by atoms with Crippen molar-refractivity contribution in [1.82, 2.24) is 0 Å². The Labute approximate surface area is 349 Å². The molecule has 0 aromatic carbocycles. The van der Waals surface area contributed by atoms with E-state index in [4.69, 9.17) is 14.2 Å². The van der Waals surface area contributed by atoms with E-state index in [0.29, 0.717) is 19.4 Å². The molecule has 0 aliphatic heterocycles. The van der Waals surface area contributed by atoms with Gasteiger partial charge >= 0.3 is 11.9 Å². The zero-order chi connectivity index (χ0) is 40.7. The van der Waals surface area contributed by atoms with Gasteiger partial charge in [-0.15, -0.1) is 0 Å². The van der Waals surface area contributed by atoms with Crippen molar-refractivity contribution in [3.8, 4) is 0 Å². The average molecular weight is 789 g/mol. The van der Waals surface area contributed by atoms with Gasteiger partial charge in [-0.1, -0.05) is 212 Å². The van der Waals surface area contributed by atoms with Crippen molar-refractivity contribution in [3.63, 3.8) is 0 Å². The third-order valence-corrected chi connectivity index (χ3v) is 11.0. The van der Waals surface area contributed by atoms with E-state index in [0.717, 1.165) is 57.8 Å². The smallest absolute Gasteiger partial charge is 0.306 e. The Bertz CT molecular complexity index is 851. The Morgan fingerprint density at radius 1 is 0.375 bits per heavy atom. The monoisotopic (exact) mass is 789 g/mol. The van der Waals surface area contributed by atoms with Crippen LogP contribution in [0.5, 0.6) is 0 Å². The number of carbonyl (C=O) groups excluding carboxylic acids is 2. The highest BCUT2D eigenvalue weighted by molar-refractivity contribution is 5.70. The summed E-state index contributed by atoms with van der Waals surface area (Å²) in [6, 6.07) is 0. The van der Waals surface area contributed by atoms with Crippen LogP contribution < -0.4 is 0 Å². The largest absolute Gasteiger partial charge is 0.462 e. The zero-order valence-corrected chi connectivity index (χ0v) is 37.9. The van der Waals surface area contributed by atoms with E-state index in [1.54, 1.807) is 0 Å². The van der Waals surface area contributed by atoms with E-state index in [-0.39, 0.29) is 25.2 Å². The van der Waals surface area contributed by atoms with Crippen LogP contribution in [0.2, 0.25) is 0 Å². The summed E-state index contributed by atoms with van der Waals surface area (Å²) in [6.45, 7) is 7.80. The number of allylic oxidation sites excluding steroid dienone is 4. The van der Waals surface area contributed by atoms with E-state index in [1.165, 1.54) is 173 Å². The van der Waals surface area contributed by atoms with E-state index < -0.39 is 6.10 Å². The van der Waals surface area contributed by atoms with Gasteiger partial charge in [-0.25, -0.2) is 0 Å². The molecule has 0 heterocycles. The van der Waals surface area contributed by atoms with Crippen LogP contribution in [-0.4, -0.2) is 37.9 Å². The molecule has 0 unspecified atom stereocenters. The third kappa shape index (κ3) is 45.1. The molecule has 0 saturated heterocycles. The highest BCUT2D eigenvalue weighted by atomic mass is 16.6. The van der Waals surface area contributed by atoms with Crippen molar-refractivity contribution >= 4 is 11.9 Å². The van der Waals surface area contributed by atoms with E-state index >= 15 is 0 Å². The standard InChI is InChI=1S/C51H96O5/c1-4-7-10-13-16-19-22-24-25-26-28-31-34-37-40-43-46-54-47-49(48-55-50(52)44-41-38-35-32-29-21-18-15-12-9-6-3)56-51(53)45-42-39-36-33-30-27-23-20-17-14-11-8-5-2/h15,18,20,23,49H,4-14,16-17,19,21-22,24-48H2,1-3H3/b18-15-,23-20-/t49-/m1/s1. The molecule has 0 fully saturated rings. The molecular weight excluding hydrogens is 693 g/mol. The molecule has 5 heteroatoms. The number of carbonyl (C=O) groups is 2. The summed E-state index contributed by atoms with van der Waals surface area (Å²) in [5, 5.41) is 0. The molecule has 0 aliphatic rings.